The molecule has 3 aromatic rings. The van der Waals surface area contributed by atoms with Gasteiger partial charge in [0.05, 0.1) is 23.7 Å². The molecule has 3 heterocycles. The quantitative estimate of drug-likeness (QED) is 0.359. The van der Waals surface area contributed by atoms with Crippen molar-refractivity contribution in [1.29, 1.82) is 0 Å². The maximum atomic E-state index is 13.8. The number of hydrogen-bond donors (Lipinski definition) is 2. The second kappa shape index (κ2) is 11.7. The highest BCUT2D eigenvalue weighted by molar-refractivity contribution is 5.94. The number of hydrogen-bond acceptors (Lipinski definition) is 5. The van der Waals surface area contributed by atoms with Crippen molar-refractivity contribution in [3.05, 3.63) is 66.0 Å². The Morgan fingerprint density at radius 1 is 1.15 bits per heavy atom. The molecular weight excluding hydrogens is 537 g/mol. The molecular formula is C27H28F5N5O3. The monoisotopic (exact) mass is 565 g/mol. The van der Waals surface area contributed by atoms with Crippen molar-refractivity contribution in [1.82, 2.24) is 25.0 Å². The molecule has 1 aliphatic rings. The van der Waals surface area contributed by atoms with Gasteiger partial charge in [-0.3, -0.25) is 14.5 Å². The third-order valence-corrected chi connectivity index (χ3v) is 6.85. The number of aliphatic carboxylic acids is 1. The first-order valence-corrected chi connectivity index (χ1v) is 12.7. The predicted octanol–water partition coefficient (Wildman–Crippen LogP) is 4.89. The molecule has 0 bridgehead atoms. The van der Waals surface area contributed by atoms with Crippen molar-refractivity contribution in [3.63, 3.8) is 0 Å². The van der Waals surface area contributed by atoms with E-state index in [9.17, 15) is 36.6 Å². The minimum absolute atomic E-state index is 0.0462. The maximum absolute atomic E-state index is 13.8. The summed E-state index contributed by atoms with van der Waals surface area (Å²) in [6, 6.07) is 9.81. The van der Waals surface area contributed by atoms with Crippen LogP contribution in [-0.4, -0.2) is 68.2 Å². The summed E-state index contributed by atoms with van der Waals surface area (Å²) in [6.07, 6.45) is -3.12. The van der Waals surface area contributed by atoms with Gasteiger partial charge in [0.25, 0.3) is 11.8 Å². The van der Waals surface area contributed by atoms with Gasteiger partial charge in [-0.2, -0.15) is 18.3 Å². The molecule has 1 aromatic carbocycles. The number of amides is 1. The summed E-state index contributed by atoms with van der Waals surface area (Å²) in [5.41, 5.74) is -1.47. The fourth-order valence-electron chi connectivity index (χ4n) is 4.71. The number of carboxylic acids is 1. The van der Waals surface area contributed by atoms with E-state index in [4.69, 9.17) is 0 Å². The molecule has 0 unspecified atom stereocenters. The Hall–Kier alpha value is -3.87. The number of carbonyl (C=O) groups is 2. The van der Waals surface area contributed by atoms with E-state index in [0.29, 0.717) is 13.0 Å². The lowest BCUT2D eigenvalue weighted by Crippen LogP contribution is -2.47. The number of alkyl halides is 5. The molecule has 1 aliphatic heterocycles. The number of nitrogens with zero attached hydrogens (tertiary/aromatic N) is 4. The summed E-state index contributed by atoms with van der Waals surface area (Å²) in [4.78, 5) is 30.7. The topological polar surface area (TPSA) is 100 Å². The number of halogens is 5. The molecule has 2 aromatic heterocycles. The van der Waals surface area contributed by atoms with Crippen LogP contribution in [0.4, 0.5) is 22.0 Å². The van der Waals surface area contributed by atoms with Gasteiger partial charge in [-0.05, 0) is 50.6 Å². The molecule has 0 aliphatic carbocycles. The van der Waals surface area contributed by atoms with E-state index >= 15 is 0 Å². The van der Waals surface area contributed by atoms with Crippen molar-refractivity contribution in [2.24, 2.45) is 5.92 Å². The molecule has 40 heavy (non-hydrogen) atoms. The molecule has 1 amide bonds. The standard InChI is InChI=1S/C27H28F5N5O3/c1-17(25(39)40)20(10-14-36-13-6-11-26(28,29)16-36)34-24(38)21-15-22(37(35-21)23-9-4-5-12-33-23)18-7-2-3-8-19(18)27(30,31)32/h2-5,7-9,12,15,17,20H,6,10-11,13-14,16H2,1H3,(H,34,38)(H,39,40)/t17-,20-/m0/s1. The lowest BCUT2D eigenvalue weighted by atomic mass is 9.97. The smallest absolute Gasteiger partial charge is 0.417 e. The summed E-state index contributed by atoms with van der Waals surface area (Å²) < 4.78 is 70.2. The Balaban J connectivity index is 1.65. The summed E-state index contributed by atoms with van der Waals surface area (Å²) in [7, 11) is 0. The van der Waals surface area contributed by atoms with Gasteiger partial charge >= 0.3 is 12.1 Å². The van der Waals surface area contributed by atoms with E-state index in [1.54, 1.807) is 12.1 Å². The number of carbonyl (C=O) groups excluding carboxylic acids is 1. The zero-order valence-electron chi connectivity index (χ0n) is 21.5. The first-order chi connectivity index (χ1) is 18.9. The number of rotatable bonds is 9. The van der Waals surface area contributed by atoms with Crippen LogP contribution in [0, 0.1) is 5.92 Å². The Bertz CT molecular complexity index is 1350. The minimum atomic E-state index is -4.69. The molecule has 13 heteroatoms. The molecule has 1 fully saturated rings. The van der Waals surface area contributed by atoms with Crippen LogP contribution in [0.2, 0.25) is 0 Å². The van der Waals surface area contributed by atoms with Crippen molar-refractivity contribution in [2.75, 3.05) is 19.6 Å². The lowest BCUT2D eigenvalue weighted by molar-refractivity contribution is -0.142. The van der Waals surface area contributed by atoms with Crippen molar-refractivity contribution < 1.29 is 36.6 Å². The number of likely N-dealkylation sites (tertiary alicyclic amines) is 1. The average molecular weight is 566 g/mol. The summed E-state index contributed by atoms with van der Waals surface area (Å²) >= 11 is 0. The minimum Gasteiger partial charge on any atom is -0.481 e. The number of carboxylic acid groups (broad SMARTS) is 1. The van der Waals surface area contributed by atoms with E-state index in [2.05, 4.69) is 15.4 Å². The SMILES string of the molecule is C[C@H](C(=O)O)[C@H](CCN1CCCC(F)(F)C1)NC(=O)c1cc(-c2ccccc2C(F)(F)F)n(-c2ccccn2)n1. The number of piperidine rings is 1. The summed E-state index contributed by atoms with van der Waals surface area (Å²) in [6.45, 7) is 1.49. The van der Waals surface area contributed by atoms with Gasteiger partial charge in [-0.1, -0.05) is 24.3 Å². The fourth-order valence-corrected chi connectivity index (χ4v) is 4.71. The molecule has 0 saturated carbocycles. The van der Waals surface area contributed by atoms with Crippen LogP contribution in [0.1, 0.15) is 42.2 Å². The molecule has 8 nitrogen and oxygen atoms in total. The lowest BCUT2D eigenvalue weighted by Gasteiger charge is -2.33. The zero-order valence-corrected chi connectivity index (χ0v) is 21.5. The van der Waals surface area contributed by atoms with Crippen molar-refractivity contribution >= 4 is 11.9 Å². The third kappa shape index (κ3) is 6.82. The van der Waals surface area contributed by atoms with Crippen LogP contribution in [0.5, 0.6) is 0 Å². The van der Waals surface area contributed by atoms with Gasteiger partial charge in [0.15, 0.2) is 11.5 Å². The third-order valence-electron chi connectivity index (χ3n) is 6.85. The van der Waals surface area contributed by atoms with Crippen molar-refractivity contribution in [3.8, 4) is 17.1 Å². The summed E-state index contributed by atoms with van der Waals surface area (Å²) in [5.74, 6) is -5.76. The molecule has 0 spiro atoms. The van der Waals surface area contributed by atoms with Crippen LogP contribution in [0.3, 0.4) is 0 Å². The van der Waals surface area contributed by atoms with E-state index < -0.39 is 48.0 Å². The normalized spacial score (nSPS) is 17.2. The van der Waals surface area contributed by atoms with Crippen LogP contribution < -0.4 is 5.32 Å². The number of benzene rings is 1. The van der Waals surface area contributed by atoms with Gasteiger partial charge in [0.1, 0.15) is 0 Å². The largest absolute Gasteiger partial charge is 0.481 e. The molecule has 0 radical (unpaired) electrons. The second-order valence-corrected chi connectivity index (χ2v) is 9.79. The van der Waals surface area contributed by atoms with E-state index in [1.807, 2.05) is 0 Å². The number of pyridine rings is 1. The average Bonchev–Trinajstić information content (AvgIpc) is 3.35. The van der Waals surface area contributed by atoms with Gasteiger partial charge in [-0.25, -0.2) is 18.4 Å². The predicted molar refractivity (Wildman–Crippen MR) is 135 cm³/mol. The molecule has 214 valence electrons. The second-order valence-electron chi connectivity index (χ2n) is 9.79. The van der Waals surface area contributed by atoms with E-state index in [-0.39, 0.29) is 42.2 Å². The first kappa shape index (κ1) is 29.1. The Labute approximate surface area is 226 Å². The van der Waals surface area contributed by atoms with Crippen LogP contribution in [0.25, 0.3) is 17.1 Å². The van der Waals surface area contributed by atoms with Crippen LogP contribution in [0.15, 0.2) is 54.7 Å². The molecule has 4 rings (SSSR count). The Kier molecular flexibility index (Phi) is 8.52. The molecule has 2 atom stereocenters. The van der Waals surface area contributed by atoms with Crippen LogP contribution in [-0.2, 0) is 11.0 Å². The van der Waals surface area contributed by atoms with E-state index in [1.165, 1.54) is 48.4 Å². The fraction of sp³-hybridized carbons (Fsp3) is 0.407. The van der Waals surface area contributed by atoms with Crippen LogP contribution >= 0.6 is 0 Å². The van der Waals surface area contributed by atoms with Gasteiger partial charge in [0.2, 0.25) is 0 Å². The highest BCUT2D eigenvalue weighted by Gasteiger charge is 2.37. The Morgan fingerprint density at radius 3 is 2.52 bits per heavy atom. The Morgan fingerprint density at radius 2 is 1.88 bits per heavy atom. The maximum Gasteiger partial charge on any atom is 0.417 e. The van der Waals surface area contributed by atoms with Gasteiger partial charge in [0, 0.05) is 30.8 Å². The van der Waals surface area contributed by atoms with Gasteiger partial charge in [-0.15, -0.1) is 0 Å². The molecule has 1 saturated heterocycles. The van der Waals surface area contributed by atoms with E-state index in [0.717, 1.165) is 10.7 Å². The highest BCUT2D eigenvalue weighted by atomic mass is 19.4. The number of aromatic nitrogens is 3. The van der Waals surface area contributed by atoms with Crippen molar-refractivity contribution in [2.45, 2.75) is 44.3 Å². The zero-order chi connectivity index (χ0) is 29.1. The van der Waals surface area contributed by atoms with Gasteiger partial charge < -0.3 is 10.4 Å². The molecule has 2 N–H and O–H groups in total. The number of nitrogens with one attached hydrogen (secondary N) is 1. The first-order valence-electron chi connectivity index (χ1n) is 12.7. The summed E-state index contributed by atoms with van der Waals surface area (Å²) in [5, 5.41) is 16.4. The highest BCUT2D eigenvalue weighted by Crippen LogP contribution is 2.37.